The van der Waals surface area contributed by atoms with E-state index in [1.807, 2.05) is 0 Å². The van der Waals surface area contributed by atoms with Crippen molar-refractivity contribution >= 4 is 0 Å². The Morgan fingerprint density at radius 3 is 2.44 bits per heavy atom. The van der Waals surface area contributed by atoms with Crippen molar-refractivity contribution in [3.05, 3.63) is 0 Å². The van der Waals surface area contributed by atoms with Gasteiger partial charge in [0.15, 0.2) is 0 Å². The van der Waals surface area contributed by atoms with Crippen LogP contribution in [0, 0.1) is 29.1 Å². The zero-order valence-corrected chi connectivity index (χ0v) is 5.51. The van der Waals surface area contributed by atoms with E-state index in [9.17, 15) is 0 Å². The van der Waals surface area contributed by atoms with Crippen LogP contribution in [-0.4, -0.2) is 0 Å². The van der Waals surface area contributed by atoms with Gasteiger partial charge in [-0.2, -0.15) is 5.26 Å². The van der Waals surface area contributed by atoms with Crippen molar-refractivity contribution in [1.29, 1.82) is 5.26 Å². The van der Waals surface area contributed by atoms with Crippen LogP contribution in [0.2, 0.25) is 0 Å². The van der Waals surface area contributed by atoms with Crippen molar-refractivity contribution in [2.24, 2.45) is 17.8 Å². The van der Waals surface area contributed by atoms with Crippen molar-refractivity contribution in [3.8, 4) is 6.07 Å². The lowest BCUT2D eigenvalue weighted by molar-refractivity contribution is 0.402. The third-order valence-electron chi connectivity index (χ3n) is 2.90. The van der Waals surface area contributed by atoms with E-state index in [2.05, 4.69) is 6.07 Å². The number of fused-ring (bicyclic) bond motifs is 2. The van der Waals surface area contributed by atoms with Crippen LogP contribution in [0.5, 0.6) is 0 Å². The third-order valence-corrected chi connectivity index (χ3v) is 2.90. The van der Waals surface area contributed by atoms with Crippen molar-refractivity contribution in [2.45, 2.75) is 25.7 Å². The molecular formula is C8H11N. The van der Waals surface area contributed by atoms with Crippen LogP contribution in [0.3, 0.4) is 0 Å². The second-order valence-electron chi connectivity index (χ2n) is 3.41. The molecule has 0 radical (unpaired) electrons. The SMILES string of the molecule is N#C[C@@H]1C[C@H]2CC[C@H]1C2. The maximum atomic E-state index is 8.64. The molecule has 2 aliphatic rings. The average molecular weight is 121 g/mol. The van der Waals surface area contributed by atoms with Crippen LogP contribution in [0.25, 0.3) is 0 Å². The monoisotopic (exact) mass is 121 g/mol. The molecule has 2 bridgehead atoms. The van der Waals surface area contributed by atoms with Crippen LogP contribution in [-0.2, 0) is 0 Å². The normalized spacial score (nSPS) is 47.2. The molecule has 3 atom stereocenters. The summed E-state index contributed by atoms with van der Waals surface area (Å²) < 4.78 is 0. The Bertz CT molecular complexity index is 156. The minimum absolute atomic E-state index is 0.434. The third kappa shape index (κ3) is 0.660. The maximum Gasteiger partial charge on any atom is 0.0658 e. The minimum Gasteiger partial charge on any atom is -0.198 e. The second-order valence-corrected chi connectivity index (χ2v) is 3.41. The van der Waals surface area contributed by atoms with E-state index in [0.29, 0.717) is 5.92 Å². The second kappa shape index (κ2) is 1.73. The van der Waals surface area contributed by atoms with Gasteiger partial charge in [-0.3, -0.25) is 0 Å². The fourth-order valence-corrected chi connectivity index (χ4v) is 2.40. The summed E-state index contributed by atoms with van der Waals surface area (Å²) in [6.07, 6.45) is 5.31. The summed E-state index contributed by atoms with van der Waals surface area (Å²) in [6, 6.07) is 2.40. The summed E-state index contributed by atoms with van der Waals surface area (Å²) in [7, 11) is 0. The van der Waals surface area contributed by atoms with E-state index in [1.54, 1.807) is 0 Å². The fourth-order valence-electron chi connectivity index (χ4n) is 2.40. The van der Waals surface area contributed by atoms with E-state index in [1.165, 1.54) is 25.7 Å². The van der Waals surface area contributed by atoms with Gasteiger partial charge in [0.25, 0.3) is 0 Å². The zero-order valence-electron chi connectivity index (χ0n) is 5.51. The predicted octanol–water partition coefficient (Wildman–Crippen LogP) is 1.95. The lowest BCUT2D eigenvalue weighted by Gasteiger charge is -2.12. The molecule has 48 valence electrons. The topological polar surface area (TPSA) is 23.8 Å². The lowest BCUT2D eigenvalue weighted by Crippen LogP contribution is -2.06. The number of hydrogen-bond acceptors (Lipinski definition) is 1. The highest BCUT2D eigenvalue weighted by molar-refractivity contribution is 4.99. The van der Waals surface area contributed by atoms with Crippen molar-refractivity contribution in [2.75, 3.05) is 0 Å². The number of rotatable bonds is 0. The van der Waals surface area contributed by atoms with Crippen molar-refractivity contribution in [1.82, 2.24) is 0 Å². The molecule has 1 nitrogen and oxygen atoms in total. The molecule has 0 spiro atoms. The highest BCUT2D eigenvalue weighted by atomic mass is 14.4. The Morgan fingerprint density at radius 1 is 1.22 bits per heavy atom. The first-order chi connectivity index (χ1) is 4.40. The molecule has 2 aliphatic carbocycles. The van der Waals surface area contributed by atoms with E-state index >= 15 is 0 Å². The summed E-state index contributed by atoms with van der Waals surface area (Å²) in [5.41, 5.74) is 0. The Kier molecular flexibility index (Phi) is 1.02. The summed E-state index contributed by atoms with van der Waals surface area (Å²) in [5, 5.41) is 8.64. The Morgan fingerprint density at radius 2 is 2.11 bits per heavy atom. The molecule has 0 saturated heterocycles. The van der Waals surface area contributed by atoms with Gasteiger partial charge in [-0.05, 0) is 31.1 Å². The molecule has 0 unspecified atom stereocenters. The smallest absolute Gasteiger partial charge is 0.0658 e. The Balaban J connectivity index is 2.12. The first-order valence-electron chi connectivity index (χ1n) is 3.80. The van der Waals surface area contributed by atoms with Gasteiger partial charge in [0.1, 0.15) is 0 Å². The first-order valence-corrected chi connectivity index (χ1v) is 3.80. The Labute approximate surface area is 55.7 Å². The van der Waals surface area contributed by atoms with Crippen LogP contribution < -0.4 is 0 Å². The van der Waals surface area contributed by atoms with Gasteiger partial charge in [-0.15, -0.1) is 0 Å². The molecule has 0 heterocycles. The van der Waals surface area contributed by atoms with E-state index in [0.717, 1.165) is 11.8 Å². The number of nitriles is 1. The summed E-state index contributed by atoms with van der Waals surface area (Å²) in [4.78, 5) is 0. The van der Waals surface area contributed by atoms with Crippen molar-refractivity contribution in [3.63, 3.8) is 0 Å². The molecule has 2 saturated carbocycles. The van der Waals surface area contributed by atoms with Crippen molar-refractivity contribution < 1.29 is 0 Å². The molecule has 0 amide bonds. The highest BCUT2D eigenvalue weighted by Crippen LogP contribution is 2.47. The maximum absolute atomic E-state index is 8.64. The molecule has 1 heteroatoms. The lowest BCUT2D eigenvalue weighted by atomic mass is 9.90. The van der Waals surface area contributed by atoms with Crippen LogP contribution >= 0.6 is 0 Å². The van der Waals surface area contributed by atoms with Gasteiger partial charge < -0.3 is 0 Å². The largest absolute Gasteiger partial charge is 0.198 e. The summed E-state index contributed by atoms with van der Waals surface area (Å²) >= 11 is 0. The number of hydrogen-bond donors (Lipinski definition) is 0. The van der Waals surface area contributed by atoms with Gasteiger partial charge in [-0.25, -0.2) is 0 Å². The molecule has 0 aromatic heterocycles. The standard InChI is InChI=1S/C8H11N/c9-5-8-4-6-1-2-7(8)3-6/h6-8H,1-4H2/t6-,7-,8-/m0/s1. The molecular weight excluding hydrogens is 110 g/mol. The van der Waals surface area contributed by atoms with E-state index in [4.69, 9.17) is 5.26 Å². The molecule has 0 aromatic carbocycles. The van der Waals surface area contributed by atoms with Gasteiger partial charge in [0, 0.05) is 5.92 Å². The van der Waals surface area contributed by atoms with Crippen LogP contribution in [0.15, 0.2) is 0 Å². The first kappa shape index (κ1) is 5.29. The summed E-state index contributed by atoms with van der Waals surface area (Å²) in [6.45, 7) is 0. The molecule has 9 heavy (non-hydrogen) atoms. The van der Waals surface area contributed by atoms with E-state index < -0.39 is 0 Å². The minimum atomic E-state index is 0.434. The Hall–Kier alpha value is -0.510. The van der Waals surface area contributed by atoms with Gasteiger partial charge in [0.2, 0.25) is 0 Å². The predicted molar refractivity (Wildman–Crippen MR) is 34.6 cm³/mol. The highest BCUT2D eigenvalue weighted by Gasteiger charge is 2.39. The van der Waals surface area contributed by atoms with E-state index in [-0.39, 0.29) is 0 Å². The van der Waals surface area contributed by atoms with Crippen LogP contribution in [0.4, 0.5) is 0 Å². The molecule has 0 N–H and O–H groups in total. The molecule has 0 aliphatic heterocycles. The molecule has 2 fully saturated rings. The fraction of sp³-hybridized carbons (Fsp3) is 0.875. The van der Waals surface area contributed by atoms with Gasteiger partial charge >= 0.3 is 0 Å². The molecule has 0 aromatic rings. The average Bonchev–Trinajstić information content (AvgIpc) is 2.45. The molecule has 2 rings (SSSR count). The van der Waals surface area contributed by atoms with Gasteiger partial charge in [-0.1, -0.05) is 6.42 Å². The zero-order chi connectivity index (χ0) is 6.27. The van der Waals surface area contributed by atoms with Gasteiger partial charge in [0.05, 0.1) is 6.07 Å². The van der Waals surface area contributed by atoms with Crippen LogP contribution in [0.1, 0.15) is 25.7 Å². The summed E-state index contributed by atoms with van der Waals surface area (Å²) in [5.74, 6) is 2.16. The quantitative estimate of drug-likeness (QED) is 0.480. The number of nitrogens with zero attached hydrogens (tertiary/aromatic N) is 1.